The molecule has 1 aliphatic heterocycles. The number of aromatic nitrogens is 1. The second-order valence-electron chi connectivity index (χ2n) is 5.02. The Balaban J connectivity index is 1.75. The Kier molecular flexibility index (Phi) is 3.13. The fraction of sp³-hybridized carbons (Fsp3) is 0.111. The van der Waals surface area contributed by atoms with Crippen LogP contribution in [0.4, 0.5) is 0 Å². The minimum absolute atomic E-state index is 0.878. The third kappa shape index (κ3) is 2.30. The second kappa shape index (κ2) is 5.26. The van der Waals surface area contributed by atoms with Crippen molar-refractivity contribution in [1.29, 1.82) is 0 Å². The fourth-order valence-electron chi connectivity index (χ4n) is 2.66. The van der Waals surface area contributed by atoms with Crippen molar-refractivity contribution in [2.75, 3.05) is 6.54 Å². The Morgan fingerprint density at radius 3 is 2.62 bits per heavy atom. The van der Waals surface area contributed by atoms with Crippen molar-refractivity contribution in [3.63, 3.8) is 0 Å². The first kappa shape index (κ1) is 12.5. The molecular weight excluding hydrogens is 276 g/mol. The summed E-state index contributed by atoms with van der Waals surface area (Å²) in [7, 11) is 0. The lowest BCUT2D eigenvalue weighted by Gasteiger charge is -2.15. The van der Waals surface area contributed by atoms with E-state index < -0.39 is 0 Å². The summed E-state index contributed by atoms with van der Waals surface area (Å²) < 4.78 is 0. The van der Waals surface area contributed by atoms with Gasteiger partial charge < -0.3 is 0 Å². The number of fused-ring (bicyclic) bond motifs is 1. The number of rotatable bonds is 2. The molecule has 1 aromatic carbocycles. The van der Waals surface area contributed by atoms with E-state index in [1.165, 1.54) is 20.9 Å². The molecule has 102 valence electrons. The van der Waals surface area contributed by atoms with E-state index in [9.17, 15) is 0 Å². The van der Waals surface area contributed by atoms with Crippen LogP contribution in [0.15, 0.2) is 65.8 Å². The lowest BCUT2D eigenvalue weighted by molar-refractivity contribution is 0.945. The molecule has 0 fully saturated rings. The average molecular weight is 290 g/mol. The molecule has 21 heavy (non-hydrogen) atoms. The van der Waals surface area contributed by atoms with Gasteiger partial charge in [0, 0.05) is 18.3 Å². The maximum Gasteiger partial charge on any atom is 0.0821 e. The topological polar surface area (TPSA) is 25.2 Å². The summed E-state index contributed by atoms with van der Waals surface area (Å²) in [5.41, 5.74) is 4.83. The van der Waals surface area contributed by atoms with Crippen molar-refractivity contribution in [3.05, 3.63) is 76.8 Å². The van der Waals surface area contributed by atoms with Gasteiger partial charge in [0.2, 0.25) is 0 Å². The van der Waals surface area contributed by atoms with Gasteiger partial charge in [-0.3, -0.25) is 9.98 Å². The molecule has 0 aliphatic carbocycles. The van der Waals surface area contributed by atoms with Crippen LogP contribution in [0.1, 0.15) is 16.0 Å². The van der Waals surface area contributed by atoms with Gasteiger partial charge in [-0.05, 0) is 36.2 Å². The first-order chi connectivity index (χ1) is 10.4. The van der Waals surface area contributed by atoms with E-state index >= 15 is 0 Å². The van der Waals surface area contributed by atoms with Gasteiger partial charge in [-0.25, -0.2) is 0 Å². The molecule has 0 N–H and O–H groups in total. The highest BCUT2D eigenvalue weighted by Gasteiger charge is 2.17. The Morgan fingerprint density at radius 2 is 1.71 bits per heavy atom. The van der Waals surface area contributed by atoms with Crippen LogP contribution < -0.4 is 0 Å². The Hall–Kier alpha value is -2.26. The van der Waals surface area contributed by atoms with Crippen molar-refractivity contribution >= 4 is 17.0 Å². The van der Waals surface area contributed by atoms with Crippen LogP contribution in [0.2, 0.25) is 0 Å². The second-order valence-corrected chi connectivity index (χ2v) is 6.10. The monoisotopic (exact) mass is 290 g/mol. The summed E-state index contributed by atoms with van der Waals surface area (Å²) in [5, 5.41) is 0. The predicted octanol–water partition coefficient (Wildman–Crippen LogP) is 4.20. The lowest BCUT2D eigenvalue weighted by Crippen LogP contribution is -2.12. The molecule has 0 amide bonds. The van der Waals surface area contributed by atoms with Gasteiger partial charge in [-0.15, -0.1) is 11.3 Å². The van der Waals surface area contributed by atoms with Gasteiger partial charge in [0.05, 0.1) is 21.2 Å². The van der Waals surface area contributed by atoms with Gasteiger partial charge in [-0.1, -0.05) is 30.3 Å². The molecular formula is C18H14N2S. The van der Waals surface area contributed by atoms with Crippen LogP contribution >= 0.6 is 11.3 Å². The summed E-state index contributed by atoms with van der Waals surface area (Å²) in [4.78, 5) is 11.6. The number of hydrogen-bond donors (Lipinski definition) is 0. The summed E-state index contributed by atoms with van der Waals surface area (Å²) in [5.74, 6) is 0. The van der Waals surface area contributed by atoms with Crippen LogP contribution in [0, 0.1) is 0 Å². The van der Waals surface area contributed by atoms with E-state index in [1.54, 1.807) is 11.3 Å². The molecule has 4 rings (SSSR count). The number of thiophene rings is 1. The molecule has 0 spiro atoms. The number of hydrogen-bond acceptors (Lipinski definition) is 3. The minimum atomic E-state index is 0.878. The standard InChI is InChI=1S/C18H14N2S/c1-2-6-14-13(5-1)10-12-20-18(14)17-9-8-16(21-17)15-7-3-4-11-19-15/h1-9,11H,10,12H2. The van der Waals surface area contributed by atoms with Crippen LogP contribution in [0.5, 0.6) is 0 Å². The predicted molar refractivity (Wildman–Crippen MR) is 88.2 cm³/mol. The quantitative estimate of drug-likeness (QED) is 0.694. The number of pyridine rings is 1. The molecule has 2 nitrogen and oxygen atoms in total. The van der Waals surface area contributed by atoms with Crippen LogP contribution in [-0.4, -0.2) is 17.2 Å². The summed E-state index contributed by atoms with van der Waals surface area (Å²) in [6.07, 6.45) is 2.88. The van der Waals surface area contributed by atoms with Crippen LogP contribution in [0.3, 0.4) is 0 Å². The zero-order chi connectivity index (χ0) is 14.1. The lowest BCUT2D eigenvalue weighted by atomic mass is 9.97. The van der Waals surface area contributed by atoms with E-state index in [1.807, 2.05) is 24.4 Å². The van der Waals surface area contributed by atoms with Crippen molar-refractivity contribution in [1.82, 2.24) is 4.98 Å². The molecule has 0 atom stereocenters. The third-order valence-corrected chi connectivity index (χ3v) is 4.79. The van der Waals surface area contributed by atoms with Gasteiger partial charge in [-0.2, -0.15) is 0 Å². The van der Waals surface area contributed by atoms with E-state index in [4.69, 9.17) is 4.99 Å². The number of nitrogens with zero attached hydrogens (tertiary/aromatic N) is 2. The molecule has 3 aromatic rings. The molecule has 0 unspecified atom stereocenters. The summed E-state index contributed by atoms with van der Waals surface area (Å²) >= 11 is 1.76. The maximum atomic E-state index is 4.75. The van der Waals surface area contributed by atoms with Gasteiger partial charge in [0.1, 0.15) is 0 Å². The molecule has 0 saturated carbocycles. The van der Waals surface area contributed by atoms with E-state index in [0.717, 1.165) is 24.4 Å². The molecule has 0 bridgehead atoms. The molecule has 3 heterocycles. The number of benzene rings is 1. The zero-order valence-electron chi connectivity index (χ0n) is 11.5. The maximum absolute atomic E-state index is 4.75. The largest absolute Gasteiger partial charge is 0.283 e. The molecule has 3 heteroatoms. The van der Waals surface area contributed by atoms with E-state index in [-0.39, 0.29) is 0 Å². The smallest absolute Gasteiger partial charge is 0.0821 e. The molecule has 0 saturated heterocycles. The highest BCUT2D eigenvalue weighted by molar-refractivity contribution is 7.17. The fourth-order valence-corrected chi connectivity index (χ4v) is 3.67. The summed E-state index contributed by atoms with van der Waals surface area (Å²) in [6.45, 7) is 0.878. The minimum Gasteiger partial charge on any atom is -0.283 e. The van der Waals surface area contributed by atoms with Gasteiger partial charge >= 0.3 is 0 Å². The Morgan fingerprint density at radius 1 is 0.857 bits per heavy atom. The normalized spacial score (nSPS) is 13.6. The van der Waals surface area contributed by atoms with Crippen LogP contribution in [0.25, 0.3) is 10.6 Å². The van der Waals surface area contributed by atoms with Crippen LogP contribution in [-0.2, 0) is 6.42 Å². The SMILES string of the molecule is c1ccc(-c2ccc(C3=NCCc4ccccc43)s2)nc1. The number of aliphatic imine (C=N–C) groups is 1. The average Bonchev–Trinajstić information content (AvgIpc) is 3.05. The zero-order valence-corrected chi connectivity index (χ0v) is 12.3. The first-order valence-electron chi connectivity index (χ1n) is 7.06. The third-order valence-electron chi connectivity index (χ3n) is 3.68. The van der Waals surface area contributed by atoms with Crippen molar-refractivity contribution in [2.45, 2.75) is 6.42 Å². The summed E-state index contributed by atoms with van der Waals surface area (Å²) in [6, 6.07) is 18.9. The van der Waals surface area contributed by atoms with Crippen molar-refractivity contribution < 1.29 is 0 Å². The van der Waals surface area contributed by atoms with E-state index in [0.29, 0.717) is 0 Å². The van der Waals surface area contributed by atoms with E-state index in [2.05, 4.69) is 41.4 Å². The molecule has 0 radical (unpaired) electrons. The molecule has 1 aliphatic rings. The van der Waals surface area contributed by atoms with Crippen molar-refractivity contribution in [2.24, 2.45) is 4.99 Å². The first-order valence-corrected chi connectivity index (χ1v) is 7.88. The van der Waals surface area contributed by atoms with Gasteiger partial charge in [0.25, 0.3) is 0 Å². The van der Waals surface area contributed by atoms with Gasteiger partial charge in [0.15, 0.2) is 0 Å². The highest BCUT2D eigenvalue weighted by Crippen LogP contribution is 2.30. The Labute approximate surface area is 127 Å². The van der Waals surface area contributed by atoms with Crippen molar-refractivity contribution in [3.8, 4) is 10.6 Å². The molecule has 2 aromatic heterocycles. The highest BCUT2D eigenvalue weighted by atomic mass is 32.1. The Bertz CT molecular complexity index is 803.